The molecule has 50 heavy (non-hydrogen) atoms. The highest BCUT2D eigenvalue weighted by molar-refractivity contribution is 6.10. The Morgan fingerprint density at radius 1 is 1.18 bits per heavy atom. The lowest BCUT2D eigenvalue weighted by Gasteiger charge is -2.34. The van der Waals surface area contributed by atoms with Crippen LogP contribution in [0.25, 0.3) is 27.7 Å². The fraction of sp³-hybridized carbons (Fsp3) is 0.306. The van der Waals surface area contributed by atoms with E-state index < -0.39 is 46.9 Å². The normalized spacial score (nSPS) is 16.9. The van der Waals surface area contributed by atoms with Gasteiger partial charge < -0.3 is 24.5 Å². The van der Waals surface area contributed by atoms with Gasteiger partial charge in [0.05, 0.1) is 30.4 Å². The first kappa shape index (κ1) is 33.4. The third-order valence-corrected chi connectivity index (χ3v) is 9.37. The topological polar surface area (TPSA) is 105 Å². The van der Waals surface area contributed by atoms with Gasteiger partial charge in [0.2, 0.25) is 17.2 Å². The van der Waals surface area contributed by atoms with Crippen molar-refractivity contribution < 1.29 is 50.9 Å². The summed E-state index contributed by atoms with van der Waals surface area (Å²) in [5.74, 6) is -3.18. The van der Waals surface area contributed by atoms with Crippen LogP contribution in [0.2, 0.25) is 0 Å². The van der Waals surface area contributed by atoms with E-state index in [2.05, 4.69) is 10.3 Å². The molecule has 0 spiro atoms. The molecule has 260 valence electrons. The molecule has 1 saturated heterocycles. The molecule has 2 aliphatic rings. The second-order valence-corrected chi connectivity index (χ2v) is 13.2. The van der Waals surface area contributed by atoms with E-state index in [9.17, 15) is 22.8 Å². The minimum Gasteiger partial charge on any atom is -0.485 e. The number of ether oxygens (including phenoxy) is 2. The summed E-state index contributed by atoms with van der Waals surface area (Å²) in [6.07, 6.45) is -0.886. The number of ketones is 1. The number of aromatic amines is 1. The molecule has 14 heteroatoms. The van der Waals surface area contributed by atoms with Crippen LogP contribution in [0.4, 0.5) is 27.6 Å². The molecule has 0 radical (unpaired) electrons. The third kappa shape index (κ3) is 5.71. The molecule has 2 aromatic carbocycles. The zero-order chi connectivity index (χ0) is 35.7. The van der Waals surface area contributed by atoms with Gasteiger partial charge in [-0.3, -0.25) is 9.59 Å². The molecule has 3 aromatic heterocycles. The van der Waals surface area contributed by atoms with Gasteiger partial charge in [-0.05, 0) is 49.8 Å². The van der Waals surface area contributed by atoms with E-state index in [0.29, 0.717) is 47.7 Å². The number of amides is 1. The summed E-state index contributed by atoms with van der Waals surface area (Å²) < 4.78 is 89.3. The number of benzene rings is 2. The Kier molecular flexibility index (Phi) is 8.06. The van der Waals surface area contributed by atoms with E-state index in [1.54, 1.807) is 31.5 Å². The van der Waals surface area contributed by atoms with Gasteiger partial charge in [-0.1, -0.05) is 6.07 Å². The third-order valence-electron chi connectivity index (χ3n) is 9.37. The number of aromatic nitrogens is 3. The maximum atomic E-state index is 15.3. The van der Waals surface area contributed by atoms with Crippen LogP contribution in [0.3, 0.4) is 0 Å². The van der Waals surface area contributed by atoms with E-state index in [0.717, 1.165) is 18.2 Å². The number of aryl methyl sites for hydroxylation is 2. The number of halogens is 5. The Morgan fingerprint density at radius 2 is 1.90 bits per heavy atom. The lowest BCUT2D eigenvalue weighted by atomic mass is 9.93. The van der Waals surface area contributed by atoms with Crippen LogP contribution in [0.1, 0.15) is 46.9 Å². The molecule has 1 fully saturated rings. The Bertz CT molecular complexity index is 2230. The molecule has 0 saturated carbocycles. The van der Waals surface area contributed by atoms with Gasteiger partial charge in [-0.25, -0.2) is 18.3 Å². The fourth-order valence-corrected chi connectivity index (χ4v) is 6.71. The lowest BCUT2D eigenvalue weighted by Crippen LogP contribution is -3.00. The van der Waals surface area contributed by atoms with Crippen molar-refractivity contribution in [2.24, 2.45) is 7.05 Å². The molecule has 2 aliphatic heterocycles. The van der Waals surface area contributed by atoms with Crippen LogP contribution in [0.5, 0.6) is 5.75 Å². The van der Waals surface area contributed by atoms with E-state index in [1.807, 2.05) is 12.2 Å². The predicted molar refractivity (Wildman–Crippen MR) is 173 cm³/mol. The number of rotatable bonds is 7. The van der Waals surface area contributed by atoms with Crippen LogP contribution in [0.15, 0.2) is 54.7 Å². The van der Waals surface area contributed by atoms with Gasteiger partial charge in [-0.2, -0.15) is 13.2 Å². The van der Waals surface area contributed by atoms with Crippen molar-refractivity contribution in [1.82, 2.24) is 9.38 Å². The summed E-state index contributed by atoms with van der Waals surface area (Å²) in [7, 11) is 1.66. The molecule has 5 heterocycles. The Balaban J connectivity index is 1.27. The highest BCUT2D eigenvalue weighted by Gasteiger charge is 2.41. The zero-order valence-corrected chi connectivity index (χ0v) is 27.6. The monoisotopic (exact) mass is 695 g/mol. The molecule has 5 aromatic rings. The molecule has 9 nitrogen and oxygen atoms in total. The van der Waals surface area contributed by atoms with Crippen molar-refractivity contribution in [3.8, 4) is 16.9 Å². The van der Waals surface area contributed by atoms with Gasteiger partial charge >= 0.3 is 6.18 Å². The molecule has 0 aliphatic carbocycles. The number of fused-ring (bicyclic) bond motifs is 4. The van der Waals surface area contributed by atoms with Crippen molar-refractivity contribution in [1.29, 1.82) is 0 Å². The average Bonchev–Trinajstić information content (AvgIpc) is 3.54. The first-order valence-electron chi connectivity index (χ1n) is 16.0. The molecule has 7 rings (SSSR count). The van der Waals surface area contributed by atoms with Crippen LogP contribution >= 0.6 is 0 Å². The van der Waals surface area contributed by atoms with Crippen molar-refractivity contribution >= 4 is 33.9 Å². The Hall–Kier alpha value is -5.08. The van der Waals surface area contributed by atoms with Crippen LogP contribution < -0.4 is 19.9 Å². The number of nitrogens with zero attached hydrogens (tertiary/aromatic N) is 2. The molecular formula is C36H34F5N5O4+2. The Morgan fingerprint density at radius 3 is 2.56 bits per heavy atom. The predicted octanol–water partition coefficient (Wildman–Crippen LogP) is 4.92. The first-order chi connectivity index (χ1) is 23.6. The van der Waals surface area contributed by atoms with E-state index in [-0.39, 0.29) is 40.1 Å². The summed E-state index contributed by atoms with van der Waals surface area (Å²) in [5, 5.41) is 4.19. The van der Waals surface area contributed by atoms with Crippen molar-refractivity contribution in [2.75, 3.05) is 25.1 Å². The smallest absolute Gasteiger partial charge is 0.417 e. The number of quaternary nitrogens is 1. The van der Waals surface area contributed by atoms with Crippen LogP contribution in [0, 0.1) is 18.6 Å². The van der Waals surface area contributed by atoms with Gasteiger partial charge in [0, 0.05) is 48.4 Å². The fourth-order valence-electron chi connectivity index (χ4n) is 6.71. The van der Waals surface area contributed by atoms with Crippen LogP contribution in [-0.4, -0.2) is 52.5 Å². The summed E-state index contributed by atoms with van der Waals surface area (Å²) in [4.78, 5) is 29.5. The molecule has 0 bridgehead atoms. The van der Waals surface area contributed by atoms with Crippen molar-refractivity contribution in [3.05, 3.63) is 94.6 Å². The summed E-state index contributed by atoms with van der Waals surface area (Å²) in [6.45, 7) is 7.12. The highest BCUT2D eigenvalue weighted by atomic mass is 19.4. The number of pyridine rings is 1. The maximum Gasteiger partial charge on any atom is 0.417 e. The number of nitrogens with two attached hydrogens (primary N) is 1. The van der Waals surface area contributed by atoms with Crippen molar-refractivity contribution in [3.63, 3.8) is 0 Å². The minimum atomic E-state index is -4.76. The van der Waals surface area contributed by atoms with Crippen molar-refractivity contribution in [2.45, 2.75) is 45.0 Å². The molecule has 1 amide bonds. The number of hydrogen-bond acceptors (Lipinski definition) is 4. The second kappa shape index (κ2) is 12.1. The largest absolute Gasteiger partial charge is 0.485 e. The van der Waals surface area contributed by atoms with E-state index in [4.69, 9.17) is 9.47 Å². The summed E-state index contributed by atoms with van der Waals surface area (Å²) in [6, 6.07) is 7.28. The van der Waals surface area contributed by atoms with Crippen LogP contribution in [-0.2, 0) is 29.2 Å². The standard InChI is InChI=1S/C36H32F5N5O4/c1-18-11-20-14-27(33(48)21-12-24(37)30(25(38)13-21)44-28(47)8-5-9-42-35(3)16-49-17-35)46-10-6-7-22(32(20)46)29-23(36(39,40)41)15-26-31(34(29)50-18)43-19(2)45(26)4/h5-8,10,12-15,18,42H,9,11,16-17H2,1-4H3,(H,44,47,48)/p+2/b8-5+. The quantitative estimate of drug-likeness (QED) is 0.0974. The van der Waals surface area contributed by atoms with Gasteiger partial charge in [-0.15, -0.1) is 0 Å². The average molecular weight is 696 g/mol. The molecule has 1 atom stereocenters. The lowest BCUT2D eigenvalue weighted by molar-refractivity contribution is -0.737. The molecular weight excluding hydrogens is 661 g/mol. The van der Waals surface area contributed by atoms with Gasteiger partial charge in [0.15, 0.2) is 11.3 Å². The van der Waals surface area contributed by atoms with E-state index >= 15 is 8.78 Å². The second-order valence-electron chi connectivity index (χ2n) is 13.2. The number of anilines is 1. The Labute approximate surface area is 282 Å². The molecule has 1 unspecified atom stereocenters. The zero-order valence-electron chi connectivity index (χ0n) is 27.6. The van der Waals surface area contributed by atoms with Gasteiger partial charge in [0.1, 0.15) is 42.2 Å². The summed E-state index contributed by atoms with van der Waals surface area (Å²) >= 11 is 0. The SMILES string of the molecule is Cc1[nH]c2c3c(c(C(F)(F)F)cc2[n+]1C)-c1cccn2c(C(=O)c4cc(F)c(NC(=O)/C=C/C[NH2+]C5(C)COC5)c(F)c4)cc(c12)CC(C)O3. The number of hydrogen-bond donors (Lipinski definition) is 3. The first-order valence-corrected chi connectivity index (χ1v) is 16.0. The highest BCUT2D eigenvalue weighted by Crippen LogP contribution is 2.48. The number of imidazole rings is 1. The number of carbonyl (C=O) groups excluding carboxylic acids is 2. The summed E-state index contributed by atoms with van der Waals surface area (Å²) in [5.41, 5.74) is -0.462. The number of H-pyrrole nitrogens is 1. The minimum absolute atomic E-state index is 0.00965. The number of carbonyl (C=O) groups is 2. The molecule has 4 N–H and O–H groups in total. The van der Waals surface area contributed by atoms with Gasteiger partial charge in [0.25, 0.3) is 5.82 Å². The van der Waals surface area contributed by atoms with E-state index in [1.165, 1.54) is 34.9 Å². The maximum absolute atomic E-state index is 15.3. The number of alkyl halides is 3. The number of nitrogens with one attached hydrogen (secondary N) is 2.